The van der Waals surface area contributed by atoms with E-state index in [1.165, 1.54) is 17.5 Å². The van der Waals surface area contributed by atoms with E-state index >= 15 is 0 Å². The zero-order valence-electron chi connectivity index (χ0n) is 18.6. The Labute approximate surface area is 202 Å². The number of nitrogens with zero attached hydrogens (tertiary/aromatic N) is 3. The summed E-state index contributed by atoms with van der Waals surface area (Å²) >= 11 is 1.56. The summed E-state index contributed by atoms with van der Waals surface area (Å²) in [5, 5.41) is 9.75. The number of aromatic nitrogens is 1. The molecule has 0 radical (unpaired) electrons. The highest BCUT2D eigenvalue weighted by Gasteiger charge is 2.42. The van der Waals surface area contributed by atoms with Gasteiger partial charge < -0.3 is 9.84 Å². The van der Waals surface area contributed by atoms with Gasteiger partial charge in [-0.25, -0.2) is 9.78 Å². The van der Waals surface area contributed by atoms with Gasteiger partial charge in [0.25, 0.3) is 5.19 Å². The lowest BCUT2D eigenvalue weighted by Gasteiger charge is -2.34. The van der Waals surface area contributed by atoms with E-state index in [0.717, 1.165) is 42.1 Å². The number of hydrogen-bond acceptors (Lipinski definition) is 6. The van der Waals surface area contributed by atoms with Crippen molar-refractivity contribution in [2.45, 2.75) is 31.6 Å². The first-order valence-corrected chi connectivity index (χ1v) is 12.3. The van der Waals surface area contributed by atoms with Gasteiger partial charge in [0.05, 0.1) is 15.8 Å². The largest absolute Gasteiger partial charge is 0.478 e. The number of ether oxygens (including phenoxy) is 1. The highest BCUT2D eigenvalue weighted by atomic mass is 32.1. The number of fused-ring (bicyclic) bond motifs is 3. The van der Waals surface area contributed by atoms with Gasteiger partial charge in [-0.05, 0) is 53.9 Å². The number of carboxylic acid groups (broad SMARTS) is 1. The van der Waals surface area contributed by atoms with Crippen LogP contribution in [0.4, 0.5) is 0 Å². The van der Waals surface area contributed by atoms with E-state index in [1.54, 1.807) is 23.5 Å². The third kappa shape index (κ3) is 4.30. The predicted molar refractivity (Wildman–Crippen MR) is 133 cm³/mol. The number of rotatable bonds is 7. The fourth-order valence-electron chi connectivity index (χ4n) is 5.10. The van der Waals surface area contributed by atoms with Crippen LogP contribution in [0.15, 0.2) is 72.8 Å². The maximum atomic E-state index is 11.1. The number of carboxylic acids is 1. The highest BCUT2D eigenvalue weighted by molar-refractivity contribution is 7.20. The number of hydrogen-bond donors (Lipinski definition) is 1. The van der Waals surface area contributed by atoms with Crippen LogP contribution in [-0.4, -0.2) is 51.0 Å². The first-order chi connectivity index (χ1) is 16.6. The molecule has 4 aromatic rings. The van der Waals surface area contributed by atoms with E-state index in [4.69, 9.17) is 9.84 Å². The Morgan fingerprint density at radius 1 is 0.912 bits per heavy atom. The number of para-hydroxylation sites is 1. The molecular weight excluding hydrogens is 446 g/mol. The van der Waals surface area contributed by atoms with Crippen LogP contribution in [0.3, 0.4) is 0 Å². The lowest BCUT2D eigenvalue weighted by Crippen LogP contribution is -2.45. The molecule has 2 saturated heterocycles. The SMILES string of the molecule is O=C(O)c1ccc(CN2C[C@@H]3C[C@H]2CN3Cc2ccc(Oc3nc4ccccc4s3)cc2)cc1. The molecule has 3 aromatic carbocycles. The molecule has 0 spiro atoms. The highest BCUT2D eigenvalue weighted by Crippen LogP contribution is 2.34. The first-order valence-electron chi connectivity index (χ1n) is 11.5. The molecule has 2 fully saturated rings. The molecule has 0 amide bonds. The van der Waals surface area contributed by atoms with Crippen LogP contribution in [0, 0.1) is 0 Å². The number of piperazine rings is 1. The van der Waals surface area contributed by atoms with Gasteiger partial charge in [0.2, 0.25) is 0 Å². The van der Waals surface area contributed by atoms with Gasteiger partial charge in [0.1, 0.15) is 5.75 Å². The number of likely N-dealkylation sites (tertiary alicyclic amines) is 2. The van der Waals surface area contributed by atoms with Crippen molar-refractivity contribution in [2.24, 2.45) is 0 Å². The molecule has 0 saturated carbocycles. The Morgan fingerprint density at radius 3 is 2.12 bits per heavy atom. The molecule has 2 atom stereocenters. The van der Waals surface area contributed by atoms with Crippen molar-refractivity contribution in [3.63, 3.8) is 0 Å². The number of benzene rings is 3. The van der Waals surface area contributed by atoms with Crippen LogP contribution >= 0.6 is 11.3 Å². The molecule has 1 aromatic heterocycles. The summed E-state index contributed by atoms with van der Waals surface area (Å²) in [5.74, 6) is -0.0652. The van der Waals surface area contributed by atoms with Crippen molar-refractivity contribution >= 4 is 27.5 Å². The average Bonchev–Trinajstić information content (AvgIpc) is 3.54. The van der Waals surface area contributed by atoms with Crippen molar-refractivity contribution in [2.75, 3.05) is 13.1 Å². The maximum Gasteiger partial charge on any atom is 0.335 e. The predicted octanol–water partition coefficient (Wildman–Crippen LogP) is 5.25. The fourth-order valence-corrected chi connectivity index (χ4v) is 5.93. The molecule has 2 aliphatic heterocycles. The zero-order chi connectivity index (χ0) is 23.1. The molecule has 7 heteroatoms. The van der Waals surface area contributed by atoms with Crippen molar-refractivity contribution in [3.05, 3.63) is 89.5 Å². The minimum Gasteiger partial charge on any atom is -0.478 e. The first kappa shape index (κ1) is 21.3. The zero-order valence-corrected chi connectivity index (χ0v) is 19.4. The standard InChI is InChI=1S/C27H25N3O3S/c31-26(32)20-9-5-18(6-10-20)14-29-16-22-13-21(29)17-30(22)15-19-7-11-23(12-8-19)33-27-28-24-3-1-2-4-25(24)34-27/h1-12,21-22H,13-17H2,(H,31,32)/t21-,22-/m0/s1. The van der Waals surface area contributed by atoms with Crippen molar-refractivity contribution in [1.29, 1.82) is 0 Å². The molecule has 34 heavy (non-hydrogen) atoms. The van der Waals surface area contributed by atoms with Gasteiger partial charge in [-0.15, -0.1) is 0 Å². The number of carbonyl (C=O) groups is 1. The van der Waals surface area contributed by atoms with Crippen LogP contribution < -0.4 is 4.74 Å². The Bertz CT molecular complexity index is 1290. The van der Waals surface area contributed by atoms with Crippen LogP contribution in [0.5, 0.6) is 10.9 Å². The molecule has 3 heterocycles. The van der Waals surface area contributed by atoms with Gasteiger partial charge in [0.15, 0.2) is 0 Å². The van der Waals surface area contributed by atoms with Gasteiger partial charge in [-0.2, -0.15) is 0 Å². The number of thiazole rings is 1. The molecule has 2 bridgehead atoms. The van der Waals surface area contributed by atoms with Gasteiger partial charge in [-0.3, -0.25) is 9.80 Å². The third-order valence-corrected chi connectivity index (χ3v) is 7.76. The van der Waals surface area contributed by atoms with E-state index in [1.807, 2.05) is 42.5 Å². The van der Waals surface area contributed by atoms with Gasteiger partial charge in [0, 0.05) is 38.3 Å². The molecule has 6 rings (SSSR count). The van der Waals surface area contributed by atoms with E-state index in [0.29, 0.717) is 22.8 Å². The molecular formula is C27H25N3O3S. The lowest BCUT2D eigenvalue weighted by atomic mass is 10.1. The smallest absolute Gasteiger partial charge is 0.335 e. The normalized spacial score (nSPS) is 20.2. The second-order valence-corrected chi connectivity index (χ2v) is 10.1. The molecule has 0 unspecified atom stereocenters. The summed E-state index contributed by atoms with van der Waals surface area (Å²) in [4.78, 5) is 20.7. The monoisotopic (exact) mass is 471 g/mol. The van der Waals surface area contributed by atoms with Crippen LogP contribution in [0.25, 0.3) is 10.2 Å². The Balaban J connectivity index is 1.03. The van der Waals surface area contributed by atoms with Gasteiger partial charge >= 0.3 is 5.97 Å². The van der Waals surface area contributed by atoms with E-state index in [-0.39, 0.29) is 0 Å². The Hall–Kier alpha value is -3.26. The quantitative estimate of drug-likeness (QED) is 0.397. The van der Waals surface area contributed by atoms with Gasteiger partial charge in [-0.1, -0.05) is 47.7 Å². The minimum atomic E-state index is -0.876. The molecule has 1 N–H and O–H groups in total. The lowest BCUT2D eigenvalue weighted by molar-refractivity contribution is 0.0697. The van der Waals surface area contributed by atoms with E-state index < -0.39 is 5.97 Å². The molecule has 6 nitrogen and oxygen atoms in total. The average molecular weight is 472 g/mol. The third-order valence-electron chi connectivity index (χ3n) is 6.84. The molecule has 0 aliphatic carbocycles. The fraction of sp³-hybridized carbons (Fsp3) is 0.259. The van der Waals surface area contributed by atoms with Crippen molar-refractivity contribution in [3.8, 4) is 10.9 Å². The molecule has 2 aliphatic rings. The Kier molecular flexibility index (Phi) is 5.53. The van der Waals surface area contributed by atoms with Crippen molar-refractivity contribution in [1.82, 2.24) is 14.8 Å². The summed E-state index contributed by atoms with van der Waals surface area (Å²) in [5.41, 5.74) is 3.77. The van der Waals surface area contributed by atoms with Crippen LogP contribution in [-0.2, 0) is 13.1 Å². The van der Waals surface area contributed by atoms with E-state index in [2.05, 4.69) is 33.0 Å². The molecule has 172 valence electrons. The second kappa shape index (κ2) is 8.83. The topological polar surface area (TPSA) is 65.9 Å². The summed E-state index contributed by atoms with van der Waals surface area (Å²) in [7, 11) is 0. The summed E-state index contributed by atoms with van der Waals surface area (Å²) in [6, 6.07) is 24.8. The summed E-state index contributed by atoms with van der Waals surface area (Å²) < 4.78 is 7.11. The second-order valence-electron chi connectivity index (χ2n) is 9.10. The van der Waals surface area contributed by atoms with Crippen LogP contribution in [0.1, 0.15) is 27.9 Å². The summed E-state index contributed by atoms with van der Waals surface area (Å²) in [6.45, 7) is 3.96. The number of aromatic carboxylic acids is 1. The maximum absolute atomic E-state index is 11.1. The van der Waals surface area contributed by atoms with Crippen LogP contribution in [0.2, 0.25) is 0 Å². The minimum absolute atomic E-state index is 0.342. The summed E-state index contributed by atoms with van der Waals surface area (Å²) in [6.07, 6.45) is 1.20. The van der Waals surface area contributed by atoms with Crippen molar-refractivity contribution < 1.29 is 14.6 Å². The Morgan fingerprint density at radius 2 is 1.53 bits per heavy atom. The van der Waals surface area contributed by atoms with E-state index in [9.17, 15) is 4.79 Å².